The van der Waals surface area contributed by atoms with E-state index in [1.54, 1.807) is 6.92 Å². The summed E-state index contributed by atoms with van der Waals surface area (Å²) in [7, 11) is 3.74. The second kappa shape index (κ2) is 7.07. The summed E-state index contributed by atoms with van der Waals surface area (Å²) in [5.41, 5.74) is -1.25. The molecule has 1 rings (SSSR count). The molecule has 21 heavy (non-hydrogen) atoms. The molecule has 1 atom stereocenters. The third-order valence-electron chi connectivity index (χ3n) is 2.87. The number of halogens is 2. The lowest BCUT2D eigenvalue weighted by molar-refractivity contribution is -0.385. The Morgan fingerprint density at radius 1 is 1.38 bits per heavy atom. The fraction of sp³-hybridized carbons (Fsp3) is 0.462. The van der Waals surface area contributed by atoms with Gasteiger partial charge in [-0.25, -0.2) is 8.78 Å². The summed E-state index contributed by atoms with van der Waals surface area (Å²) in [6.07, 6.45) is 0.621. The van der Waals surface area contributed by atoms with Crippen LogP contribution in [-0.2, 0) is 0 Å². The van der Waals surface area contributed by atoms with Crippen molar-refractivity contribution in [1.82, 2.24) is 10.2 Å². The number of hydrogen-bond donors (Lipinski definition) is 1. The number of nitrogens with zero attached hydrogens (tertiary/aromatic N) is 2. The van der Waals surface area contributed by atoms with E-state index in [9.17, 15) is 23.7 Å². The van der Waals surface area contributed by atoms with Crippen LogP contribution >= 0.6 is 0 Å². The van der Waals surface area contributed by atoms with Crippen molar-refractivity contribution in [3.63, 3.8) is 0 Å². The predicted molar refractivity (Wildman–Crippen MR) is 73.1 cm³/mol. The molecule has 1 aromatic carbocycles. The van der Waals surface area contributed by atoms with E-state index in [0.717, 1.165) is 0 Å². The first-order chi connectivity index (χ1) is 9.72. The van der Waals surface area contributed by atoms with Crippen LogP contribution in [0.4, 0.5) is 14.5 Å². The number of benzene rings is 1. The molecule has 116 valence electrons. The average molecular weight is 301 g/mol. The first-order valence-corrected chi connectivity index (χ1v) is 6.31. The molecular weight excluding hydrogens is 284 g/mol. The molecule has 1 N–H and O–H groups in total. The van der Waals surface area contributed by atoms with Crippen LogP contribution in [0.1, 0.15) is 23.7 Å². The zero-order valence-electron chi connectivity index (χ0n) is 12.0. The summed E-state index contributed by atoms with van der Waals surface area (Å²) in [6.45, 7) is 2.44. The second-order valence-corrected chi connectivity index (χ2v) is 5.01. The van der Waals surface area contributed by atoms with Crippen molar-refractivity contribution in [2.24, 2.45) is 0 Å². The second-order valence-electron chi connectivity index (χ2n) is 5.01. The first kappa shape index (κ1) is 17.0. The van der Waals surface area contributed by atoms with Crippen molar-refractivity contribution in [2.75, 3.05) is 20.6 Å². The number of rotatable bonds is 6. The van der Waals surface area contributed by atoms with E-state index in [0.29, 0.717) is 25.1 Å². The monoisotopic (exact) mass is 301 g/mol. The van der Waals surface area contributed by atoms with Crippen LogP contribution in [0.2, 0.25) is 0 Å². The fourth-order valence-corrected chi connectivity index (χ4v) is 1.69. The van der Waals surface area contributed by atoms with E-state index >= 15 is 0 Å². The summed E-state index contributed by atoms with van der Waals surface area (Å²) in [6, 6.07) is 0.698. The lowest BCUT2D eigenvalue weighted by Gasteiger charge is -2.16. The van der Waals surface area contributed by atoms with Gasteiger partial charge >= 0.3 is 0 Å². The molecule has 0 bridgehead atoms. The van der Waals surface area contributed by atoms with Gasteiger partial charge in [0, 0.05) is 6.04 Å². The van der Waals surface area contributed by atoms with E-state index in [4.69, 9.17) is 0 Å². The van der Waals surface area contributed by atoms with Crippen molar-refractivity contribution in [3.05, 3.63) is 39.4 Å². The molecule has 0 saturated heterocycles. The minimum absolute atomic E-state index is 0.257. The highest BCUT2D eigenvalue weighted by Crippen LogP contribution is 2.22. The molecule has 0 fully saturated rings. The van der Waals surface area contributed by atoms with Gasteiger partial charge in [0.1, 0.15) is 5.56 Å². The molecule has 6 nitrogen and oxygen atoms in total. The molecule has 0 radical (unpaired) electrons. The lowest BCUT2D eigenvalue weighted by atomic mass is 10.1. The normalized spacial score (nSPS) is 12.3. The van der Waals surface area contributed by atoms with E-state index in [-0.39, 0.29) is 6.04 Å². The Morgan fingerprint density at radius 2 is 1.95 bits per heavy atom. The first-order valence-electron chi connectivity index (χ1n) is 6.31. The molecule has 1 aromatic rings. The number of nitro groups is 1. The number of nitro benzene ring substituents is 1. The zero-order valence-corrected chi connectivity index (χ0v) is 12.0. The number of hydrogen-bond acceptors (Lipinski definition) is 4. The highest BCUT2D eigenvalue weighted by Gasteiger charge is 2.24. The van der Waals surface area contributed by atoms with Crippen molar-refractivity contribution < 1.29 is 18.5 Å². The van der Waals surface area contributed by atoms with Crippen LogP contribution in [0.25, 0.3) is 0 Å². The Bertz CT molecular complexity index is 550. The van der Waals surface area contributed by atoms with E-state index in [1.165, 1.54) is 0 Å². The van der Waals surface area contributed by atoms with Crippen LogP contribution in [0.15, 0.2) is 12.1 Å². The largest absolute Gasteiger partial charge is 0.349 e. The van der Waals surface area contributed by atoms with Gasteiger partial charge in [0.25, 0.3) is 11.6 Å². The third kappa shape index (κ3) is 4.75. The number of amides is 1. The quantitative estimate of drug-likeness (QED) is 0.643. The Hall–Kier alpha value is -2.09. The molecule has 0 aromatic heterocycles. The maximum absolute atomic E-state index is 13.2. The maximum atomic E-state index is 13.2. The topological polar surface area (TPSA) is 75.5 Å². The van der Waals surface area contributed by atoms with Gasteiger partial charge in [0.2, 0.25) is 0 Å². The summed E-state index contributed by atoms with van der Waals surface area (Å²) in [4.78, 5) is 23.8. The Labute approximate surface area is 120 Å². The summed E-state index contributed by atoms with van der Waals surface area (Å²) >= 11 is 0. The standard InChI is InChI=1S/C13H17F2N3O3/c1-8(4-5-17(2)3)16-13(19)9-6-10(14)11(15)7-12(9)18(20)21/h6-8H,4-5H2,1-3H3,(H,16,19). The van der Waals surface area contributed by atoms with Crippen molar-refractivity contribution >= 4 is 11.6 Å². The van der Waals surface area contributed by atoms with Crippen LogP contribution in [0, 0.1) is 21.7 Å². The SMILES string of the molecule is CC(CCN(C)C)NC(=O)c1cc(F)c(F)cc1[N+](=O)[O-]. The smallest absolute Gasteiger partial charge is 0.285 e. The molecule has 0 aliphatic carbocycles. The molecule has 0 aliphatic rings. The summed E-state index contributed by atoms with van der Waals surface area (Å²) in [5, 5.41) is 13.4. The van der Waals surface area contributed by atoms with E-state index in [1.807, 2.05) is 19.0 Å². The van der Waals surface area contributed by atoms with Crippen molar-refractivity contribution in [1.29, 1.82) is 0 Å². The van der Waals surface area contributed by atoms with Crippen LogP contribution in [0.3, 0.4) is 0 Å². The van der Waals surface area contributed by atoms with Gasteiger partial charge in [-0.15, -0.1) is 0 Å². The van der Waals surface area contributed by atoms with Gasteiger partial charge in [-0.2, -0.15) is 0 Å². The third-order valence-corrected chi connectivity index (χ3v) is 2.87. The van der Waals surface area contributed by atoms with Crippen molar-refractivity contribution in [3.8, 4) is 0 Å². The molecule has 0 saturated carbocycles. The average Bonchev–Trinajstić information content (AvgIpc) is 2.38. The molecule has 1 unspecified atom stereocenters. The molecular formula is C13H17F2N3O3. The van der Waals surface area contributed by atoms with Gasteiger partial charge in [0.05, 0.1) is 11.0 Å². The highest BCUT2D eigenvalue weighted by molar-refractivity contribution is 5.98. The zero-order chi connectivity index (χ0) is 16.2. The number of nitrogens with one attached hydrogen (secondary N) is 1. The molecule has 0 aliphatic heterocycles. The molecule has 8 heteroatoms. The number of carbonyl (C=O) groups is 1. The van der Waals surface area contributed by atoms with Gasteiger partial charge in [-0.05, 0) is 40.1 Å². The van der Waals surface area contributed by atoms with Gasteiger partial charge in [0.15, 0.2) is 11.6 Å². The Kier molecular flexibility index (Phi) is 5.71. The summed E-state index contributed by atoms with van der Waals surface area (Å²) < 4.78 is 26.2. The predicted octanol–water partition coefficient (Wildman–Crippen LogP) is 1.94. The minimum atomic E-state index is -1.36. The van der Waals surface area contributed by atoms with Gasteiger partial charge in [-0.1, -0.05) is 0 Å². The number of carbonyl (C=O) groups excluding carboxylic acids is 1. The Balaban J connectivity index is 2.91. The van der Waals surface area contributed by atoms with Crippen LogP contribution in [-0.4, -0.2) is 42.4 Å². The van der Waals surface area contributed by atoms with Crippen LogP contribution < -0.4 is 5.32 Å². The van der Waals surface area contributed by atoms with Crippen molar-refractivity contribution in [2.45, 2.75) is 19.4 Å². The fourth-order valence-electron chi connectivity index (χ4n) is 1.69. The molecule has 1 amide bonds. The van der Waals surface area contributed by atoms with Gasteiger partial charge in [-0.3, -0.25) is 14.9 Å². The summed E-state index contributed by atoms with van der Waals surface area (Å²) in [5.74, 6) is -3.46. The molecule has 0 spiro atoms. The van der Waals surface area contributed by atoms with E-state index in [2.05, 4.69) is 5.32 Å². The highest BCUT2D eigenvalue weighted by atomic mass is 19.2. The minimum Gasteiger partial charge on any atom is -0.349 e. The van der Waals surface area contributed by atoms with Crippen LogP contribution in [0.5, 0.6) is 0 Å². The Morgan fingerprint density at radius 3 is 2.48 bits per heavy atom. The molecule has 0 heterocycles. The lowest BCUT2D eigenvalue weighted by Crippen LogP contribution is -2.35. The maximum Gasteiger partial charge on any atom is 0.285 e. The van der Waals surface area contributed by atoms with Gasteiger partial charge < -0.3 is 10.2 Å². The van der Waals surface area contributed by atoms with E-state index < -0.39 is 33.7 Å².